The van der Waals surface area contributed by atoms with E-state index in [1.165, 1.54) is 0 Å². The molecule has 4 aliphatic carbocycles. The fraction of sp³-hybridized carbons (Fsp3) is 0.765. The minimum Gasteiger partial charge on any atom is -0.743 e. The summed E-state index contributed by atoms with van der Waals surface area (Å²) in [5.74, 6) is -2.91. The van der Waals surface area contributed by atoms with Gasteiger partial charge in [0.05, 0.1) is 5.41 Å². The van der Waals surface area contributed by atoms with Crippen molar-refractivity contribution < 1.29 is 54.0 Å². The first kappa shape index (κ1) is 22.9. The van der Waals surface area contributed by atoms with Crippen LogP contribution < -0.4 is 0 Å². The van der Waals surface area contributed by atoms with E-state index in [2.05, 4.69) is 11.3 Å². The molecule has 7 nitrogen and oxygen atoms in total. The minimum absolute atomic E-state index is 0.0238. The topological polar surface area (TPSA) is 110 Å². The van der Waals surface area contributed by atoms with Crippen molar-refractivity contribution in [3.05, 3.63) is 12.7 Å². The molecule has 13 heteroatoms. The molecule has 3 unspecified atom stereocenters. The molecule has 0 aromatic rings. The molecule has 0 aromatic heterocycles. The highest BCUT2D eigenvalue weighted by Gasteiger charge is 2.67. The highest BCUT2D eigenvalue weighted by molar-refractivity contribution is 7.86. The van der Waals surface area contributed by atoms with Crippen LogP contribution in [0.2, 0.25) is 0 Å². The summed E-state index contributed by atoms with van der Waals surface area (Å²) >= 11 is 0. The average Bonchev–Trinajstić information content (AvgIpc) is 2.55. The summed E-state index contributed by atoms with van der Waals surface area (Å²) in [4.78, 5) is 24.4. The smallest absolute Gasteiger partial charge is 0.432 e. The summed E-state index contributed by atoms with van der Waals surface area (Å²) in [6.45, 7) is 3.27. The van der Waals surface area contributed by atoms with Gasteiger partial charge in [-0.3, -0.25) is 4.79 Å². The van der Waals surface area contributed by atoms with Gasteiger partial charge in [-0.25, -0.2) is 13.2 Å². The van der Waals surface area contributed by atoms with E-state index in [0.29, 0.717) is 19.3 Å². The first-order valence-electron chi connectivity index (χ1n) is 9.00. The Morgan fingerprint density at radius 2 is 1.63 bits per heavy atom. The normalized spacial score (nSPS) is 34.3. The highest BCUT2D eigenvalue weighted by atomic mass is 32.2. The molecule has 0 radical (unpaired) electrons. The lowest BCUT2D eigenvalue weighted by Crippen LogP contribution is -2.61. The summed E-state index contributed by atoms with van der Waals surface area (Å²) in [7, 11) is -6.78. The number of carbonyl (C=O) groups excluding carboxylic acids is 2. The van der Waals surface area contributed by atoms with Crippen LogP contribution >= 0.6 is 0 Å². The predicted molar refractivity (Wildman–Crippen MR) is 86.7 cm³/mol. The Bertz CT molecular complexity index is 852. The Labute approximate surface area is 168 Å². The highest BCUT2D eigenvalue weighted by Crippen LogP contribution is 2.63. The van der Waals surface area contributed by atoms with Crippen LogP contribution in [0.5, 0.6) is 0 Å². The molecule has 0 spiro atoms. The summed E-state index contributed by atoms with van der Waals surface area (Å²) in [5.41, 5.74) is -2.83. The summed E-state index contributed by atoms with van der Waals surface area (Å²) < 4.78 is 108. The van der Waals surface area contributed by atoms with E-state index < -0.39 is 50.6 Å². The zero-order chi connectivity index (χ0) is 22.8. The molecule has 4 saturated carbocycles. The maximum absolute atomic E-state index is 13.7. The van der Waals surface area contributed by atoms with Crippen molar-refractivity contribution in [2.24, 2.45) is 17.3 Å². The lowest BCUT2D eigenvalue weighted by atomic mass is 9.48. The van der Waals surface area contributed by atoms with E-state index in [-0.39, 0.29) is 31.1 Å². The van der Waals surface area contributed by atoms with Crippen molar-refractivity contribution in [2.75, 3.05) is 0 Å². The van der Waals surface area contributed by atoms with Gasteiger partial charge in [0, 0.05) is 12.5 Å². The Balaban J connectivity index is 1.92. The van der Waals surface area contributed by atoms with Crippen molar-refractivity contribution in [1.82, 2.24) is 0 Å². The number of hydrogen-bond donors (Lipinski definition) is 0. The Hall–Kier alpha value is -1.76. The molecule has 4 fully saturated rings. The summed E-state index contributed by atoms with van der Waals surface area (Å²) in [5, 5.41) is -5.91. The van der Waals surface area contributed by atoms with Crippen LogP contribution in [0, 0.1) is 17.3 Å². The lowest BCUT2D eigenvalue weighted by Gasteiger charge is -2.59. The third-order valence-electron chi connectivity index (χ3n) is 6.08. The fourth-order valence-electron chi connectivity index (χ4n) is 5.48. The number of hydrogen-bond acceptors (Lipinski definition) is 7. The number of alkyl halides is 5. The molecule has 0 heterocycles. The number of ether oxygens (including phenoxy) is 2. The molecule has 170 valence electrons. The van der Waals surface area contributed by atoms with Gasteiger partial charge in [-0.2, -0.15) is 22.0 Å². The molecule has 4 rings (SSSR count). The van der Waals surface area contributed by atoms with Gasteiger partial charge in [0.2, 0.25) is 0 Å². The molecular formula is C17H18F5O7S-. The number of halogens is 5. The van der Waals surface area contributed by atoms with E-state index in [1.807, 2.05) is 0 Å². The van der Waals surface area contributed by atoms with Gasteiger partial charge in [0.25, 0.3) is 6.10 Å². The molecule has 0 N–H and O–H groups in total. The maximum Gasteiger partial charge on any atom is 0.432 e. The monoisotopic (exact) mass is 461 g/mol. The standard InChI is InChI=1S/C17H19F5O7S/c1-2-11(23)29-15-6-9-3-10(7-15)5-14(4-9,8-15)13(24)28-12(16(18,19)20)17(21,22)30(25,26)27/h2,9-10,12H,1,3-8H2,(H,25,26,27)/p-1. The fourth-order valence-corrected chi connectivity index (χ4v) is 5.92. The van der Waals surface area contributed by atoms with E-state index in [1.54, 1.807) is 0 Å². The van der Waals surface area contributed by atoms with Gasteiger partial charge < -0.3 is 14.0 Å². The van der Waals surface area contributed by atoms with Crippen LogP contribution in [-0.4, -0.2) is 48.0 Å². The van der Waals surface area contributed by atoms with E-state index in [4.69, 9.17) is 4.74 Å². The quantitative estimate of drug-likeness (QED) is 0.259. The zero-order valence-electron chi connectivity index (χ0n) is 15.4. The third-order valence-corrected chi connectivity index (χ3v) is 6.97. The molecule has 0 aromatic carbocycles. The summed E-state index contributed by atoms with van der Waals surface area (Å²) in [6.07, 6.45) is -8.43. The molecule has 0 amide bonds. The largest absolute Gasteiger partial charge is 0.743 e. The van der Waals surface area contributed by atoms with Gasteiger partial charge in [-0.1, -0.05) is 6.58 Å². The first-order chi connectivity index (χ1) is 13.5. The molecule has 4 bridgehead atoms. The van der Waals surface area contributed by atoms with Crippen molar-refractivity contribution in [2.45, 2.75) is 61.7 Å². The van der Waals surface area contributed by atoms with Gasteiger partial charge in [-0.05, 0) is 43.9 Å². The molecule has 30 heavy (non-hydrogen) atoms. The van der Waals surface area contributed by atoms with Crippen molar-refractivity contribution in [3.63, 3.8) is 0 Å². The van der Waals surface area contributed by atoms with Crippen LogP contribution in [0.1, 0.15) is 38.5 Å². The number of rotatable bonds is 6. The van der Waals surface area contributed by atoms with Gasteiger partial charge in [-0.15, -0.1) is 0 Å². The predicted octanol–water partition coefficient (Wildman–Crippen LogP) is 2.67. The molecule has 4 aliphatic rings. The third kappa shape index (κ3) is 3.81. The van der Waals surface area contributed by atoms with E-state index in [0.717, 1.165) is 6.08 Å². The van der Waals surface area contributed by atoms with Gasteiger partial charge in [0.1, 0.15) is 5.60 Å². The Morgan fingerprint density at radius 3 is 2.07 bits per heavy atom. The second-order valence-electron chi connectivity index (χ2n) is 8.39. The first-order valence-corrected chi connectivity index (χ1v) is 10.4. The van der Waals surface area contributed by atoms with E-state index >= 15 is 0 Å². The SMILES string of the molecule is C=CC(=O)OC12CC3CC(C1)CC(C(=O)OC(C(F)(F)F)C(F)(F)S(=O)(=O)[O-])(C3)C2. The van der Waals surface area contributed by atoms with Gasteiger partial charge >= 0.3 is 23.4 Å². The van der Waals surface area contributed by atoms with Crippen LogP contribution in [-0.2, 0) is 29.2 Å². The second-order valence-corrected chi connectivity index (χ2v) is 9.85. The Morgan fingerprint density at radius 1 is 1.10 bits per heavy atom. The van der Waals surface area contributed by atoms with Crippen LogP contribution in [0.15, 0.2) is 12.7 Å². The maximum atomic E-state index is 13.7. The van der Waals surface area contributed by atoms with Crippen molar-refractivity contribution >= 4 is 22.1 Å². The average molecular weight is 461 g/mol. The zero-order valence-corrected chi connectivity index (χ0v) is 16.2. The van der Waals surface area contributed by atoms with Crippen molar-refractivity contribution in [1.29, 1.82) is 0 Å². The van der Waals surface area contributed by atoms with Crippen LogP contribution in [0.25, 0.3) is 0 Å². The molecule has 0 saturated heterocycles. The van der Waals surface area contributed by atoms with E-state index in [9.17, 15) is 44.5 Å². The second kappa shape index (κ2) is 6.87. The molecule has 0 aliphatic heterocycles. The lowest BCUT2D eigenvalue weighted by molar-refractivity contribution is -0.269. The Kier molecular flexibility index (Phi) is 5.25. The summed E-state index contributed by atoms with van der Waals surface area (Å²) in [6, 6.07) is 0. The van der Waals surface area contributed by atoms with Crippen LogP contribution in [0.4, 0.5) is 22.0 Å². The minimum atomic E-state index is -6.78. The molecular weight excluding hydrogens is 443 g/mol. The molecule has 3 atom stereocenters. The number of esters is 2. The van der Waals surface area contributed by atoms with Gasteiger partial charge in [0.15, 0.2) is 10.1 Å². The number of carbonyl (C=O) groups is 2. The van der Waals surface area contributed by atoms with Crippen LogP contribution in [0.3, 0.4) is 0 Å². The van der Waals surface area contributed by atoms with Crippen molar-refractivity contribution in [3.8, 4) is 0 Å².